The monoisotopic (exact) mass is 261 g/mol. The maximum absolute atomic E-state index is 13.5. The normalized spacial score (nSPS) is 10.1. The molecule has 0 aromatic heterocycles. The van der Waals surface area contributed by atoms with Crippen LogP contribution in [0.3, 0.4) is 0 Å². The molecule has 0 amide bonds. The van der Waals surface area contributed by atoms with Gasteiger partial charge < -0.3 is 10.1 Å². The lowest BCUT2D eigenvalue weighted by molar-refractivity contribution is 0.0594. The van der Waals surface area contributed by atoms with E-state index in [0.29, 0.717) is 6.54 Å². The molecule has 0 fully saturated rings. The molecule has 0 radical (unpaired) electrons. The van der Waals surface area contributed by atoms with Crippen molar-refractivity contribution in [2.24, 2.45) is 0 Å². The number of benzene rings is 1. The van der Waals surface area contributed by atoms with Crippen LogP contribution in [0.25, 0.3) is 0 Å². The summed E-state index contributed by atoms with van der Waals surface area (Å²) in [6.45, 7) is 0.523. The molecular weight excluding hydrogens is 248 g/mol. The number of carbonyl (C=O) groups excluding carboxylic acids is 1. The van der Waals surface area contributed by atoms with Crippen LogP contribution in [0.5, 0.6) is 0 Å². The molecule has 0 aliphatic carbocycles. The number of rotatable bonds is 5. The molecule has 0 aliphatic heterocycles. The Morgan fingerprint density at radius 3 is 2.71 bits per heavy atom. The molecule has 0 saturated heterocycles. The number of ether oxygens (including phenoxy) is 1. The average Bonchev–Trinajstić information content (AvgIpc) is 2.34. The third-order valence-electron chi connectivity index (χ3n) is 2.11. The van der Waals surface area contributed by atoms with Gasteiger partial charge in [0.05, 0.1) is 18.4 Å². The van der Waals surface area contributed by atoms with Gasteiger partial charge >= 0.3 is 5.97 Å². The van der Waals surface area contributed by atoms with Gasteiger partial charge in [-0.2, -0.15) is 11.8 Å². The van der Waals surface area contributed by atoms with Crippen molar-refractivity contribution in [1.82, 2.24) is 0 Å². The van der Waals surface area contributed by atoms with Gasteiger partial charge in [0.2, 0.25) is 0 Å². The van der Waals surface area contributed by atoms with Gasteiger partial charge in [0.25, 0.3) is 0 Å². The maximum Gasteiger partial charge on any atom is 0.340 e. The highest BCUT2D eigenvalue weighted by Crippen LogP contribution is 2.21. The lowest BCUT2D eigenvalue weighted by Crippen LogP contribution is -2.10. The van der Waals surface area contributed by atoms with Crippen molar-refractivity contribution >= 4 is 23.4 Å². The molecule has 1 aromatic rings. The van der Waals surface area contributed by atoms with Crippen molar-refractivity contribution in [1.29, 1.82) is 0 Å². The van der Waals surface area contributed by atoms with Gasteiger partial charge in [0.15, 0.2) is 11.6 Å². The van der Waals surface area contributed by atoms with Crippen molar-refractivity contribution in [3.63, 3.8) is 0 Å². The Morgan fingerprint density at radius 2 is 2.12 bits per heavy atom. The van der Waals surface area contributed by atoms with Crippen molar-refractivity contribution in [3.8, 4) is 0 Å². The van der Waals surface area contributed by atoms with Crippen molar-refractivity contribution < 1.29 is 18.3 Å². The molecule has 0 saturated carbocycles. The van der Waals surface area contributed by atoms with Crippen LogP contribution in [0.15, 0.2) is 12.1 Å². The van der Waals surface area contributed by atoms with E-state index in [0.717, 1.165) is 12.9 Å². The topological polar surface area (TPSA) is 38.3 Å². The highest BCUT2D eigenvalue weighted by molar-refractivity contribution is 7.98. The number of thioether (sulfide) groups is 1. The first-order chi connectivity index (χ1) is 8.11. The summed E-state index contributed by atoms with van der Waals surface area (Å²) >= 11 is 1.59. The molecule has 6 heteroatoms. The Balaban J connectivity index is 2.90. The highest BCUT2D eigenvalue weighted by Gasteiger charge is 2.18. The van der Waals surface area contributed by atoms with E-state index in [9.17, 15) is 13.6 Å². The van der Waals surface area contributed by atoms with Crippen molar-refractivity contribution in [3.05, 3.63) is 29.3 Å². The number of esters is 1. The Kier molecular flexibility index (Phi) is 5.21. The maximum atomic E-state index is 13.5. The minimum atomic E-state index is -1.19. The zero-order valence-corrected chi connectivity index (χ0v) is 10.4. The summed E-state index contributed by atoms with van der Waals surface area (Å²) in [6, 6.07) is 2.52. The van der Waals surface area contributed by atoms with E-state index < -0.39 is 23.2 Å². The van der Waals surface area contributed by atoms with E-state index in [4.69, 9.17) is 0 Å². The van der Waals surface area contributed by atoms with E-state index in [1.165, 1.54) is 12.1 Å². The van der Waals surface area contributed by atoms with E-state index in [1.54, 1.807) is 11.8 Å². The second-order valence-corrected chi connectivity index (χ2v) is 4.19. The van der Waals surface area contributed by atoms with Gasteiger partial charge in [-0.1, -0.05) is 0 Å². The minimum Gasteiger partial charge on any atom is -0.465 e. The van der Waals surface area contributed by atoms with Crippen LogP contribution in [0.1, 0.15) is 10.4 Å². The summed E-state index contributed by atoms with van der Waals surface area (Å²) < 4.78 is 31.4. The van der Waals surface area contributed by atoms with E-state index in [1.807, 2.05) is 6.26 Å². The van der Waals surface area contributed by atoms with Gasteiger partial charge in [0.1, 0.15) is 0 Å². The molecule has 1 rings (SSSR count). The molecule has 0 unspecified atom stereocenters. The zero-order chi connectivity index (χ0) is 12.8. The van der Waals surface area contributed by atoms with Crippen LogP contribution < -0.4 is 5.32 Å². The molecule has 0 aliphatic rings. The van der Waals surface area contributed by atoms with Crippen LogP contribution in [-0.4, -0.2) is 31.6 Å². The zero-order valence-electron chi connectivity index (χ0n) is 9.55. The number of hydrogen-bond donors (Lipinski definition) is 1. The largest absolute Gasteiger partial charge is 0.465 e. The second kappa shape index (κ2) is 6.44. The minimum absolute atomic E-state index is 0.0456. The number of anilines is 1. The molecule has 1 N–H and O–H groups in total. The SMILES string of the molecule is COC(=O)c1ccc(NCCSC)c(F)c1F. The Bertz CT molecular complexity index is 413. The standard InChI is InChI=1S/C11H13F2NO2S/c1-16-11(15)7-3-4-8(10(13)9(7)12)14-5-6-17-2/h3-4,14H,5-6H2,1-2H3. The molecule has 0 atom stereocenters. The van der Waals surface area contributed by atoms with Crippen LogP contribution in [0.2, 0.25) is 0 Å². The van der Waals surface area contributed by atoms with Crippen LogP contribution in [-0.2, 0) is 4.74 Å². The number of methoxy groups -OCH3 is 1. The first kappa shape index (κ1) is 13.8. The smallest absolute Gasteiger partial charge is 0.340 e. The molecule has 0 bridgehead atoms. The van der Waals surface area contributed by atoms with Crippen LogP contribution in [0, 0.1) is 11.6 Å². The highest BCUT2D eigenvalue weighted by atomic mass is 32.2. The van der Waals surface area contributed by atoms with E-state index >= 15 is 0 Å². The summed E-state index contributed by atoms with van der Waals surface area (Å²) in [4.78, 5) is 11.1. The van der Waals surface area contributed by atoms with Gasteiger partial charge in [0, 0.05) is 12.3 Å². The molecule has 17 heavy (non-hydrogen) atoms. The summed E-state index contributed by atoms with van der Waals surface area (Å²) in [6.07, 6.45) is 1.92. The summed E-state index contributed by atoms with van der Waals surface area (Å²) in [5.41, 5.74) is -0.357. The number of hydrogen-bond acceptors (Lipinski definition) is 4. The molecule has 0 spiro atoms. The second-order valence-electron chi connectivity index (χ2n) is 3.20. The number of halogens is 2. The number of nitrogens with one attached hydrogen (secondary N) is 1. The summed E-state index contributed by atoms with van der Waals surface area (Å²) in [7, 11) is 1.12. The lowest BCUT2D eigenvalue weighted by Gasteiger charge is -2.09. The lowest BCUT2D eigenvalue weighted by atomic mass is 10.2. The van der Waals surface area contributed by atoms with Gasteiger partial charge in [-0.05, 0) is 18.4 Å². The van der Waals surface area contributed by atoms with Gasteiger partial charge in [-0.25, -0.2) is 13.6 Å². The molecular formula is C11H13F2NO2S. The quantitative estimate of drug-likeness (QED) is 0.653. The van der Waals surface area contributed by atoms with E-state index in [2.05, 4.69) is 10.1 Å². The Labute approximate surface area is 103 Å². The Hall–Kier alpha value is -1.30. The fraction of sp³-hybridized carbons (Fsp3) is 0.364. The van der Waals surface area contributed by atoms with E-state index in [-0.39, 0.29) is 5.69 Å². The van der Waals surface area contributed by atoms with Crippen LogP contribution >= 0.6 is 11.8 Å². The first-order valence-corrected chi connectivity index (χ1v) is 6.30. The fourth-order valence-corrected chi connectivity index (χ4v) is 1.55. The molecule has 94 valence electrons. The summed E-state index contributed by atoms with van der Waals surface area (Å²) in [5.74, 6) is -2.36. The third-order valence-corrected chi connectivity index (χ3v) is 2.72. The van der Waals surface area contributed by atoms with Crippen molar-refractivity contribution in [2.75, 3.05) is 31.0 Å². The molecule has 3 nitrogen and oxygen atoms in total. The molecule has 0 heterocycles. The number of carbonyl (C=O) groups is 1. The fourth-order valence-electron chi connectivity index (χ4n) is 1.24. The average molecular weight is 261 g/mol. The Morgan fingerprint density at radius 1 is 1.41 bits per heavy atom. The van der Waals surface area contributed by atoms with Crippen LogP contribution in [0.4, 0.5) is 14.5 Å². The molecule has 1 aromatic carbocycles. The van der Waals surface area contributed by atoms with Crippen molar-refractivity contribution in [2.45, 2.75) is 0 Å². The predicted molar refractivity (Wildman–Crippen MR) is 64.6 cm³/mol. The first-order valence-electron chi connectivity index (χ1n) is 4.91. The third kappa shape index (κ3) is 3.33. The van der Waals surface area contributed by atoms with Gasteiger partial charge in [-0.15, -0.1) is 0 Å². The van der Waals surface area contributed by atoms with Gasteiger partial charge in [-0.3, -0.25) is 0 Å². The summed E-state index contributed by atoms with van der Waals surface area (Å²) in [5, 5.41) is 2.75. The predicted octanol–water partition coefficient (Wildman–Crippen LogP) is 2.53.